The summed E-state index contributed by atoms with van der Waals surface area (Å²) >= 11 is 0. The number of hydrogen-bond acceptors (Lipinski definition) is 0. The molecule has 0 N–H and O–H groups in total. The third kappa shape index (κ3) is 4.20. The zero-order valence-corrected chi connectivity index (χ0v) is 8.66. The molecular formula is C5H15P3. The van der Waals surface area contributed by atoms with Crippen molar-refractivity contribution in [2.24, 2.45) is 5.92 Å². The molecular weight excluding hydrogens is 153 g/mol. The van der Waals surface area contributed by atoms with Crippen molar-refractivity contribution in [2.45, 2.75) is 13.3 Å². The van der Waals surface area contributed by atoms with Crippen molar-refractivity contribution >= 4 is 26.4 Å². The molecule has 4 atom stereocenters. The van der Waals surface area contributed by atoms with Crippen molar-refractivity contribution in [3.63, 3.8) is 0 Å². The monoisotopic (exact) mass is 168 g/mol. The van der Waals surface area contributed by atoms with Crippen LogP contribution in [0.4, 0.5) is 0 Å². The molecule has 0 heterocycles. The summed E-state index contributed by atoms with van der Waals surface area (Å²) in [6.07, 6.45) is 4.01. The molecule has 0 aliphatic rings. The van der Waals surface area contributed by atoms with Gasteiger partial charge in [0, 0.05) is 0 Å². The van der Waals surface area contributed by atoms with Crippen molar-refractivity contribution < 1.29 is 0 Å². The summed E-state index contributed by atoms with van der Waals surface area (Å²) in [7, 11) is 6.66. The average molecular weight is 168 g/mol. The van der Waals surface area contributed by atoms with Gasteiger partial charge in [-0.3, -0.25) is 0 Å². The molecule has 0 aromatic rings. The first-order chi connectivity index (χ1) is 3.85. The maximum Gasteiger partial charge on any atom is -0.0288 e. The minimum Gasteiger partial charge on any atom is -0.137 e. The highest BCUT2D eigenvalue weighted by molar-refractivity contribution is 8.02. The van der Waals surface area contributed by atoms with E-state index in [1.165, 1.54) is 18.7 Å². The highest BCUT2D eigenvalue weighted by atomic mass is 32.0. The second kappa shape index (κ2) is 6.41. The third-order valence-electron chi connectivity index (χ3n) is 1.32. The molecule has 0 radical (unpaired) electrons. The van der Waals surface area contributed by atoms with Crippen LogP contribution in [0.3, 0.4) is 0 Å². The Hall–Kier alpha value is 1.29. The summed E-state index contributed by atoms with van der Waals surface area (Å²) in [5, 5.41) is 0. The first-order valence-corrected chi connectivity index (χ1v) is 6.82. The molecule has 3 heteroatoms. The van der Waals surface area contributed by atoms with Gasteiger partial charge in [0.2, 0.25) is 0 Å². The molecule has 4 unspecified atom stereocenters. The smallest absolute Gasteiger partial charge is 0.0288 e. The van der Waals surface area contributed by atoms with Crippen LogP contribution in [0.2, 0.25) is 0 Å². The van der Waals surface area contributed by atoms with Crippen LogP contribution in [-0.4, -0.2) is 12.3 Å². The summed E-state index contributed by atoms with van der Waals surface area (Å²) in [6.45, 7) is 2.26. The Balaban J connectivity index is 3.07. The van der Waals surface area contributed by atoms with Gasteiger partial charge >= 0.3 is 0 Å². The standard InChI is InChI=1S/C5H15P3/c1-2-5(3-6)4-8-7/h5,8H,2-4,6-7H2,1H3. The summed E-state index contributed by atoms with van der Waals surface area (Å²) in [5.41, 5.74) is 0. The van der Waals surface area contributed by atoms with Crippen LogP contribution in [0.25, 0.3) is 0 Å². The fourth-order valence-corrected chi connectivity index (χ4v) is 3.18. The second-order valence-electron chi connectivity index (χ2n) is 1.92. The van der Waals surface area contributed by atoms with Gasteiger partial charge in [-0.15, -0.1) is 26.4 Å². The Labute approximate surface area is 58.7 Å². The van der Waals surface area contributed by atoms with Crippen molar-refractivity contribution in [3.8, 4) is 0 Å². The molecule has 0 saturated heterocycles. The Morgan fingerprint density at radius 3 is 2.38 bits per heavy atom. The summed E-state index contributed by atoms with van der Waals surface area (Å²) in [5.74, 6) is 0.954. The molecule has 0 aromatic heterocycles. The van der Waals surface area contributed by atoms with Gasteiger partial charge < -0.3 is 0 Å². The molecule has 0 aliphatic heterocycles. The molecule has 0 bridgehead atoms. The van der Waals surface area contributed by atoms with Gasteiger partial charge in [0.25, 0.3) is 0 Å². The zero-order chi connectivity index (χ0) is 6.41. The van der Waals surface area contributed by atoms with Crippen LogP contribution >= 0.6 is 26.4 Å². The Kier molecular flexibility index (Phi) is 7.44. The first-order valence-electron chi connectivity index (χ1n) is 2.98. The van der Waals surface area contributed by atoms with E-state index in [0.717, 1.165) is 14.2 Å². The van der Waals surface area contributed by atoms with E-state index >= 15 is 0 Å². The lowest BCUT2D eigenvalue weighted by Gasteiger charge is -2.08. The Morgan fingerprint density at radius 1 is 1.62 bits per heavy atom. The molecule has 0 amide bonds. The first kappa shape index (κ1) is 9.29. The van der Waals surface area contributed by atoms with Gasteiger partial charge in [-0.25, -0.2) is 0 Å². The Morgan fingerprint density at radius 2 is 2.25 bits per heavy atom. The Bertz CT molecular complexity index is 42.9. The SMILES string of the molecule is CCC(CP)CPP. The quantitative estimate of drug-likeness (QED) is 0.565. The normalized spacial score (nSPS) is 15.4. The average Bonchev–Trinajstić information content (AvgIpc) is 1.83. The van der Waals surface area contributed by atoms with Gasteiger partial charge in [-0.05, 0) is 18.2 Å². The number of hydrogen-bond donors (Lipinski definition) is 0. The molecule has 0 fully saturated rings. The molecule has 0 nitrogen and oxygen atoms in total. The predicted octanol–water partition coefficient (Wildman–Crippen LogP) is 2.36. The molecule has 0 spiro atoms. The van der Waals surface area contributed by atoms with Crippen LogP contribution in [0.5, 0.6) is 0 Å². The maximum absolute atomic E-state index is 2.81. The summed E-state index contributed by atoms with van der Waals surface area (Å²) < 4.78 is 0. The highest BCUT2D eigenvalue weighted by Gasteiger charge is 1.98. The molecule has 0 rings (SSSR count). The molecule has 0 saturated carbocycles. The minimum atomic E-state index is 0.954. The van der Waals surface area contributed by atoms with Gasteiger partial charge in [0.1, 0.15) is 0 Å². The lowest BCUT2D eigenvalue weighted by Crippen LogP contribution is -2.00. The van der Waals surface area contributed by atoms with Crippen molar-refractivity contribution in [3.05, 3.63) is 0 Å². The predicted molar refractivity (Wildman–Crippen MR) is 51.3 cm³/mol. The van der Waals surface area contributed by atoms with Crippen LogP contribution in [0.15, 0.2) is 0 Å². The van der Waals surface area contributed by atoms with E-state index < -0.39 is 0 Å². The van der Waals surface area contributed by atoms with Crippen molar-refractivity contribution in [1.29, 1.82) is 0 Å². The fourth-order valence-electron chi connectivity index (χ4n) is 0.561. The summed E-state index contributed by atoms with van der Waals surface area (Å²) in [4.78, 5) is 0. The summed E-state index contributed by atoms with van der Waals surface area (Å²) in [6, 6.07) is 0. The van der Waals surface area contributed by atoms with Gasteiger partial charge in [-0.1, -0.05) is 13.3 Å². The van der Waals surface area contributed by atoms with E-state index in [4.69, 9.17) is 0 Å². The van der Waals surface area contributed by atoms with Crippen LogP contribution in [-0.2, 0) is 0 Å². The van der Waals surface area contributed by atoms with E-state index in [0.29, 0.717) is 0 Å². The van der Waals surface area contributed by atoms with Crippen molar-refractivity contribution in [1.82, 2.24) is 0 Å². The van der Waals surface area contributed by atoms with Gasteiger partial charge in [-0.2, -0.15) is 0 Å². The second-order valence-corrected chi connectivity index (χ2v) is 4.43. The van der Waals surface area contributed by atoms with E-state index in [9.17, 15) is 0 Å². The molecule has 50 valence electrons. The minimum absolute atomic E-state index is 0.954. The van der Waals surface area contributed by atoms with Crippen LogP contribution < -0.4 is 0 Å². The number of rotatable bonds is 4. The third-order valence-corrected chi connectivity index (χ3v) is 3.50. The van der Waals surface area contributed by atoms with E-state index in [-0.39, 0.29) is 0 Å². The van der Waals surface area contributed by atoms with E-state index in [2.05, 4.69) is 25.1 Å². The lowest BCUT2D eigenvalue weighted by molar-refractivity contribution is 0.647. The van der Waals surface area contributed by atoms with Gasteiger partial charge in [0.05, 0.1) is 0 Å². The van der Waals surface area contributed by atoms with Crippen LogP contribution in [0, 0.1) is 5.92 Å². The molecule has 0 aromatic carbocycles. The highest BCUT2D eigenvalue weighted by Crippen LogP contribution is 2.25. The topological polar surface area (TPSA) is 0 Å². The fraction of sp³-hybridized carbons (Fsp3) is 1.00. The lowest BCUT2D eigenvalue weighted by atomic mass is 10.2. The molecule has 8 heavy (non-hydrogen) atoms. The van der Waals surface area contributed by atoms with Crippen LogP contribution in [0.1, 0.15) is 13.3 Å². The van der Waals surface area contributed by atoms with Crippen molar-refractivity contribution in [2.75, 3.05) is 12.3 Å². The van der Waals surface area contributed by atoms with Gasteiger partial charge in [0.15, 0.2) is 0 Å². The maximum atomic E-state index is 2.81. The van der Waals surface area contributed by atoms with E-state index in [1.54, 1.807) is 0 Å². The molecule has 0 aliphatic carbocycles. The largest absolute Gasteiger partial charge is 0.137 e. The van der Waals surface area contributed by atoms with E-state index in [1.807, 2.05) is 0 Å². The zero-order valence-electron chi connectivity index (χ0n) is 5.35.